The Balaban J connectivity index is 3.61. The summed E-state index contributed by atoms with van der Waals surface area (Å²) >= 11 is 5.59. The van der Waals surface area contributed by atoms with Gasteiger partial charge in [-0.25, -0.2) is 0 Å². The van der Waals surface area contributed by atoms with Gasteiger partial charge in [-0.3, -0.25) is 0 Å². The molecule has 0 aliphatic rings. The molecule has 8 heavy (non-hydrogen) atoms. The number of nitrogens with one attached hydrogen (secondary N) is 1. The summed E-state index contributed by atoms with van der Waals surface area (Å²) in [5, 5.41) is 3.52. The van der Waals surface area contributed by atoms with Crippen LogP contribution >= 0.6 is 11.6 Å². The maximum absolute atomic E-state index is 5.59. The average Bonchev–Trinajstić information content (AvgIpc) is 1.68. The Bertz CT molecular complexity index is 105. The number of rotatable bonds is 2. The lowest BCUT2D eigenvalue weighted by molar-refractivity contribution is 1.10. The first-order chi connectivity index (χ1) is 3.81. The summed E-state index contributed by atoms with van der Waals surface area (Å²) in [6, 6.07) is 0. The number of hydrogen-bond donors (Lipinski definition) is 1. The van der Waals surface area contributed by atoms with E-state index < -0.39 is 0 Å². The molecule has 0 atom stereocenters. The topological polar surface area (TPSA) is 12.0 Å². The molecule has 1 nitrogen and oxygen atoms in total. The fourth-order valence-corrected chi connectivity index (χ4v) is 0.580. The third kappa shape index (κ3) is 3.75. The molecule has 46 valence electrons. The maximum atomic E-state index is 5.59. The van der Waals surface area contributed by atoms with E-state index in [1.54, 1.807) is 6.20 Å². The Morgan fingerprint density at radius 1 is 1.62 bits per heavy atom. The Labute approximate surface area is 55.0 Å². The molecule has 0 heterocycles. The highest BCUT2D eigenvalue weighted by atomic mass is 35.5. The van der Waals surface area contributed by atoms with Crippen LogP contribution < -0.4 is 5.32 Å². The number of hydrogen-bond acceptors (Lipinski definition) is 1. The van der Waals surface area contributed by atoms with Gasteiger partial charge in [0, 0.05) is 13.2 Å². The fourth-order valence-electron chi connectivity index (χ4n) is 0.345. The molecule has 0 rings (SSSR count). The minimum Gasteiger partial charge on any atom is -0.393 e. The summed E-state index contributed by atoms with van der Waals surface area (Å²) in [4.78, 5) is 0. The van der Waals surface area contributed by atoms with Crippen molar-refractivity contribution in [2.75, 3.05) is 7.05 Å². The summed E-state index contributed by atoms with van der Waals surface area (Å²) in [6.07, 6.45) is 5.43. The largest absolute Gasteiger partial charge is 0.393 e. The summed E-state index contributed by atoms with van der Waals surface area (Å²) in [5.74, 6) is 0. The minimum atomic E-state index is 0.718. The van der Waals surface area contributed by atoms with Crippen molar-refractivity contribution in [3.63, 3.8) is 0 Å². The molecule has 0 aliphatic heterocycles. The Kier molecular flexibility index (Phi) is 4.47. The molecular weight excluding hydrogens is 122 g/mol. The molecule has 0 radical (unpaired) electrons. The van der Waals surface area contributed by atoms with Crippen LogP contribution in [0.4, 0.5) is 0 Å². The predicted molar refractivity (Wildman–Crippen MR) is 37.8 cm³/mol. The zero-order valence-electron chi connectivity index (χ0n) is 5.11. The van der Waals surface area contributed by atoms with Crippen LogP contribution in [0.1, 0.15) is 6.92 Å². The number of allylic oxidation sites excluding steroid dienone is 3. The van der Waals surface area contributed by atoms with Gasteiger partial charge in [0.2, 0.25) is 0 Å². The van der Waals surface area contributed by atoms with E-state index in [1.807, 2.05) is 26.1 Å². The first kappa shape index (κ1) is 7.57. The van der Waals surface area contributed by atoms with Crippen molar-refractivity contribution in [3.8, 4) is 0 Å². The molecule has 0 aliphatic carbocycles. The van der Waals surface area contributed by atoms with E-state index in [1.165, 1.54) is 0 Å². The number of halogens is 1. The highest BCUT2D eigenvalue weighted by molar-refractivity contribution is 6.31. The monoisotopic (exact) mass is 131 g/mol. The molecule has 0 fully saturated rings. The Hall–Kier alpha value is -0.430. The van der Waals surface area contributed by atoms with E-state index in [-0.39, 0.29) is 0 Å². The van der Waals surface area contributed by atoms with Crippen molar-refractivity contribution in [2.45, 2.75) is 6.92 Å². The molecule has 0 unspecified atom stereocenters. The van der Waals surface area contributed by atoms with E-state index in [0.717, 1.165) is 5.03 Å². The molecule has 0 saturated heterocycles. The summed E-state index contributed by atoms with van der Waals surface area (Å²) < 4.78 is 0. The average molecular weight is 132 g/mol. The zero-order chi connectivity index (χ0) is 6.41. The molecule has 0 aromatic heterocycles. The first-order valence-corrected chi connectivity index (χ1v) is 2.84. The molecular formula is C6H10ClN. The van der Waals surface area contributed by atoms with Gasteiger partial charge >= 0.3 is 0 Å². The van der Waals surface area contributed by atoms with Crippen molar-refractivity contribution in [2.24, 2.45) is 0 Å². The van der Waals surface area contributed by atoms with E-state index in [0.29, 0.717) is 0 Å². The Morgan fingerprint density at radius 2 is 2.25 bits per heavy atom. The lowest BCUT2D eigenvalue weighted by Gasteiger charge is -1.85. The van der Waals surface area contributed by atoms with Gasteiger partial charge in [-0.1, -0.05) is 17.7 Å². The third-order valence-electron chi connectivity index (χ3n) is 0.608. The van der Waals surface area contributed by atoms with Crippen molar-refractivity contribution >= 4 is 11.6 Å². The molecule has 0 aromatic rings. The maximum Gasteiger partial charge on any atom is 0.0559 e. The van der Waals surface area contributed by atoms with Gasteiger partial charge in [0.15, 0.2) is 0 Å². The Morgan fingerprint density at radius 3 is 2.62 bits per heavy atom. The minimum absolute atomic E-state index is 0.718. The summed E-state index contributed by atoms with van der Waals surface area (Å²) in [5.41, 5.74) is 0. The zero-order valence-corrected chi connectivity index (χ0v) is 5.87. The molecule has 2 heteroatoms. The smallest absolute Gasteiger partial charge is 0.0559 e. The molecule has 1 N–H and O–H groups in total. The van der Waals surface area contributed by atoms with Crippen LogP contribution in [-0.2, 0) is 0 Å². The van der Waals surface area contributed by atoms with E-state index in [9.17, 15) is 0 Å². The van der Waals surface area contributed by atoms with Gasteiger partial charge in [0.25, 0.3) is 0 Å². The van der Waals surface area contributed by atoms with Crippen LogP contribution in [0.2, 0.25) is 0 Å². The first-order valence-electron chi connectivity index (χ1n) is 2.47. The normalized spacial score (nSPS) is 12.6. The van der Waals surface area contributed by atoms with Crippen molar-refractivity contribution in [3.05, 3.63) is 23.4 Å². The predicted octanol–water partition coefficient (Wildman–Crippen LogP) is 1.86. The van der Waals surface area contributed by atoms with E-state index >= 15 is 0 Å². The second-order valence-electron chi connectivity index (χ2n) is 1.32. The second kappa shape index (κ2) is 4.72. The SMILES string of the molecule is C/C=C\C(Cl)=C/NC. The van der Waals surface area contributed by atoms with Crippen LogP contribution in [0.5, 0.6) is 0 Å². The fraction of sp³-hybridized carbons (Fsp3) is 0.333. The van der Waals surface area contributed by atoms with Gasteiger partial charge in [-0.15, -0.1) is 0 Å². The van der Waals surface area contributed by atoms with E-state index in [2.05, 4.69) is 5.32 Å². The van der Waals surface area contributed by atoms with E-state index in [4.69, 9.17) is 11.6 Å². The third-order valence-corrected chi connectivity index (χ3v) is 0.843. The summed E-state index contributed by atoms with van der Waals surface area (Å²) in [6.45, 7) is 1.92. The van der Waals surface area contributed by atoms with Gasteiger partial charge in [0.05, 0.1) is 5.03 Å². The summed E-state index contributed by atoms with van der Waals surface area (Å²) in [7, 11) is 1.81. The molecule has 0 amide bonds. The lowest BCUT2D eigenvalue weighted by atomic mass is 10.5. The van der Waals surface area contributed by atoms with Crippen molar-refractivity contribution < 1.29 is 0 Å². The van der Waals surface area contributed by atoms with Crippen LogP contribution in [0.3, 0.4) is 0 Å². The standard InChI is InChI=1S/C6H10ClN/c1-3-4-6(7)5-8-2/h3-5,8H,1-2H3/b4-3-,6-5+. The molecule has 0 saturated carbocycles. The quantitative estimate of drug-likeness (QED) is 0.565. The molecule has 0 spiro atoms. The highest BCUT2D eigenvalue weighted by Gasteiger charge is 1.76. The van der Waals surface area contributed by atoms with Crippen LogP contribution in [0, 0.1) is 0 Å². The molecule has 0 aromatic carbocycles. The highest BCUT2D eigenvalue weighted by Crippen LogP contribution is 1.99. The van der Waals surface area contributed by atoms with Crippen LogP contribution in [0.15, 0.2) is 23.4 Å². The van der Waals surface area contributed by atoms with Gasteiger partial charge in [-0.2, -0.15) is 0 Å². The van der Waals surface area contributed by atoms with Gasteiger partial charge < -0.3 is 5.32 Å². The van der Waals surface area contributed by atoms with Crippen LogP contribution in [-0.4, -0.2) is 7.05 Å². The second-order valence-corrected chi connectivity index (χ2v) is 1.75. The van der Waals surface area contributed by atoms with Crippen molar-refractivity contribution in [1.29, 1.82) is 0 Å². The van der Waals surface area contributed by atoms with Gasteiger partial charge in [0.1, 0.15) is 0 Å². The van der Waals surface area contributed by atoms with Crippen molar-refractivity contribution in [1.82, 2.24) is 5.32 Å². The van der Waals surface area contributed by atoms with Crippen LogP contribution in [0.25, 0.3) is 0 Å². The molecule has 0 bridgehead atoms. The lowest BCUT2D eigenvalue weighted by Crippen LogP contribution is -1.91. The van der Waals surface area contributed by atoms with Gasteiger partial charge in [-0.05, 0) is 13.0 Å².